The molecular formula is C16H21F3N2O2. The fraction of sp³-hybridized carbons (Fsp3) is 0.562. The van der Waals surface area contributed by atoms with Crippen molar-refractivity contribution in [3.63, 3.8) is 0 Å². The van der Waals surface area contributed by atoms with Crippen molar-refractivity contribution in [1.82, 2.24) is 10.2 Å². The molecule has 4 nitrogen and oxygen atoms in total. The first-order valence-corrected chi connectivity index (χ1v) is 7.61. The van der Waals surface area contributed by atoms with Crippen LogP contribution >= 0.6 is 0 Å². The minimum Gasteiger partial charge on any atom is -0.383 e. The fourth-order valence-corrected chi connectivity index (χ4v) is 2.78. The van der Waals surface area contributed by atoms with Crippen LogP contribution in [-0.4, -0.2) is 41.4 Å². The van der Waals surface area contributed by atoms with Crippen molar-refractivity contribution < 1.29 is 23.1 Å². The van der Waals surface area contributed by atoms with E-state index >= 15 is 0 Å². The Balaban J connectivity index is 1.81. The van der Waals surface area contributed by atoms with Crippen molar-refractivity contribution in [2.24, 2.45) is 5.92 Å². The van der Waals surface area contributed by atoms with Gasteiger partial charge in [0.15, 0.2) is 6.10 Å². The molecule has 23 heavy (non-hydrogen) atoms. The van der Waals surface area contributed by atoms with Gasteiger partial charge in [-0.25, -0.2) is 4.79 Å². The minimum atomic E-state index is -4.60. The number of aliphatic hydroxyl groups is 1. The van der Waals surface area contributed by atoms with E-state index < -0.39 is 18.2 Å². The third kappa shape index (κ3) is 4.60. The summed E-state index contributed by atoms with van der Waals surface area (Å²) in [4.78, 5) is 13.6. The van der Waals surface area contributed by atoms with Crippen LogP contribution in [0.1, 0.15) is 24.0 Å². The first-order chi connectivity index (χ1) is 10.8. The van der Waals surface area contributed by atoms with Crippen LogP contribution in [0, 0.1) is 12.8 Å². The maximum Gasteiger partial charge on any atom is 0.414 e. The Bertz CT molecular complexity index is 540. The lowest BCUT2D eigenvalue weighted by atomic mass is 9.91. The lowest BCUT2D eigenvalue weighted by Crippen LogP contribution is -2.48. The molecule has 128 valence electrons. The van der Waals surface area contributed by atoms with Gasteiger partial charge in [-0.15, -0.1) is 0 Å². The lowest BCUT2D eigenvalue weighted by Gasteiger charge is -2.34. The van der Waals surface area contributed by atoms with Crippen molar-refractivity contribution in [2.75, 3.05) is 13.1 Å². The van der Waals surface area contributed by atoms with Crippen molar-refractivity contribution >= 4 is 6.03 Å². The predicted octanol–water partition coefficient (Wildman–Crippen LogP) is 2.84. The van der Waals surface area contributed by atoms with E-state index in [0.717, 1.165) is 11.1 Å². The number of piperidine rings is 1. The molecule has 2 rings (SSSR count). The normalized spacial score (nSPS) is 17.9. The zero-order chi connectivity index (χ0) is 17.0. The second kappa shape index (κ2) is 7.21. The molecule has 1 fully saturated rings. The summed E-state index contributed by atoms with van der Waals surface area (Å²) in [7, 11) is 0. The van der Waals surface area contributed by atoms with E-state index in [0.29, 0.717) is 6.54 Å². The minimum absolute atomic E-state index is 0.151. The van der Waals surface area contributed by atoms with Crippen LogP contribution in [0.5, 0.6) is 0 Å². The number of carbonyl (C=O) groups is 1. The SMILES string of the molecule is Cc1ccccc1CNC(=O)N1CCC(C(O)C(F)(F)F)CC1. The second-order valence-electron chi connectivity index (χ2n) is 5.90. The Morgan fingerprint density at radius 2 is 1.96 bits per heavy atom. The number of carbonyl (C=O) groups excluding carboxylic acids is 1. The highest BCUT2D eigenvalue weighted by Crippen LogP contribution is 2.31. The summed E-state index contributed by atoms with van der Waals surface area (Å²) in [5, 5.41) is 12.1. The van der Waals surface area contributed by atoms with Crippen molar-refractivity contribution in [2.45, 2.75) is 38.6 Å². The van der Waals surface area contributed by atoms with Crippen LogP contribution < -0.4 is 5.32 Å². The fourth-order valence-electron chi connectivity index (χ4n) is 2.78. The molecule has 0 aliphatic carbocycles. The van der Waals surface area contributed by atoms with Gasteiger partial charge in [-0.2, -0.15) is 13.2 Å². The molecule has 1 atom stereocenters. The van der Waals surface area contributed by atoms with E-state index in [1.54, 1.807) is 0 Å². The van der Waals surface area contributed by atoms with Crippen LogP contribution in [-0.2, 0) is 6.54 Å². The average molecular weight is 330 g/mol. The molecule has 1 aliphatic rings. The van der Waals surface area contributed by atoms with Crippen LogP contribution in [0.2, 0.25) is 0 Å². The number of rotatable bonds is 3. The van der Waals surface area contributed by atoms with Gasteiger partial charge >= 0.3 is 12.2 Å². The van der Waals surface area contributed by atoms with Gasteiger partial charge in [0.1, 0.15) is 0 Å². The van der Waals surface area contributed by atoms with Gasteiger partial charge in [0.05, 0.1) is 0 Å². The maximum atomic E-state index is 12.5. The number of hydrogen-bond donors (Lipinski definition) is 2. The van der Waals surface area contributed by atoms with E-state index in [1.807, 2.05) is 31.2 Å². The number of nitrogens with zero attached hydrogens (tertiary/aromatic N) is 1. The van der Waals surface area contributed by atoms with E-state index in [1.165, 1.54) is 4.90 Å². The van der Waals surface area contributed by atoms with E-state index in [-0.39, 0.29) is 32.0 Å². The molecule has 1 unspecified atom stereocenters. The predicted molar refractivity (Wildman–Crippen MR) is 79.8 cm³/mol. The maximum absolute atomic E-state index is 12.5. The Kier molecular flexibility index (Phi) is 5.51. The number of aliphatic hydroxyl groups excluding tert-OH is 1. The van der Waals surface area contributed by atoms with E-state index in [9.17, 15) is 23.1 Å². The molecule has 7 heteroatoms. The number of nitrogens with one attached hydrogen (secondary N) is 1. The summed E-state index contributed by atoms with van der Waals surface area (Å²) in [6.07, 6.45) is -6.60. The van der Waals surface area contributed by atoms with Gasteiger partial charge in [0.25, 0.3) is 0 Å². The molecule has 0 aromatic heterocycles. The molecule has 2 N–H and O–H groups in total. The van der Waals surface area contributed by atoms with E-state index in [2.05, 4.69) is 5.32 Å². The van der Waals surface area contributed by atoms with E-state index in [4.69, 9.17) is 0 Å². The van der Waals surface area contributed by atoms with Gasteiger partial charge in [0, 0.05) is 19.6 Å². The summed E-state index contributed by atoms with van der Waals surface area (Å²) < 4.78 is 37.5. The quantitative estimate of drug-likeness (QED) is 0.895. The molecule has 1 aromatic carbocycles. The summed E-state index contributed by atoms with van der Waals surface area (Å²) in [5.74, 6) is -0.838. The zero-order valence-corrected chi connectivity index (χ0v) is 12.9. The molecule has 1 aliphatic heterocycles. The molecule has 0 spiro atoms. The smallest absolute Gasteiger partial charge is 0.383 e. The average Bonchev–Trinajstić information content (AvgIpc) is 2.52. The highest BCUT2D eigenvalue weighted by Gasteiger charge is 2.44. The molecule has 0 radical (unpaired) electrons. The Hall–Kier alpha value is -1.76. The summed E-state index contributed by atoms with van der Waals surface area (Å²) in [5.41, 5.74) is 2.07. The first kappa shape index (κ1) is 17.6. The number of likely N-dealkylation sites (tertiary alicyclic amines) is 1. The molecule has 0 saturated carbocycles. The topological polar surface area (TPSA) is 52.6 Å². The van der Waals surface area contributed by atoms with Gasteiger partial charge in [-0.1, -0.05) is 24.3 Å². The van der Waals surface area contributed by atoms with Gasteiger partial charge < -0.3 is 15.3 Å². The lowest BCUT2D eigenvalue weighted by molar-refractivity contribution is -0.222. The highest BCUT2D eigenvalue weighted by molar-refractivity contribution is 5.74. The summed E-state index contributed by atoms with van der Waals surface area (Å²) in [6, 6.07) is 7.39. The highest BCUT2D eigenvalue weighted by atomic mass is 19.4. The molecule has 0 bridgehead atoms. The Morgan fingerprint density at radius 1 is 1.35 bits per heavy atom. The molecule has 1 heterocycles. The number of amides is 2. The summed E-state index contributed by atoms with van der Waals surface area (Å²) in [6.45, 7) is 2.77. The summed E-state index contributed by atoms with van der Waals surface area (Å²) >= 11 is 0. The van der Waals surface area contributed by atoms with Gasteiger partial charge in [-0.05, 0) is 36.8 Å². The monoisotopic (exact) mass is 330 g/mol. The molecule has 1 saturated heterocycles. The van der Waals surface area contributed by atoms with Crippen molar-refractivity contribution in [3.8, 4) is 0 Å². The zero-order valence-electron chi connectivity index (χ0n) is 12.9. The third-order valence-electron chi connectivity index (χ3n) is 4.30. The molecular weight excluding hydrogens is 309 g/mol. The van der Waals surface area contributed by atoms with Crippen molar-refractivity contribution in [1.29, 1.82) is 0 Å². The van der Waals surface area contributed by atoms with Crippen LogP contribution in [0.3, 0.4) is 0 Å². The molecule has 2 amide bonds. The van der Waals surface area contributed by atoms with Crippen molar-refractivity contribution in [3.05, 3.63) is 35.4 Å². The largest absolute Gasteiger partial charge is 0.414 e. The van der Waals surface area contributed by atoms with Gasteiger partial charge in [0.2, 0.25) is 0 Å². The first-order valence-electron chi connectivity index (χ1n) is 7.61. The number of hydrogen-bond acceptors (Lipinski definition) is 2. The van der Waals surface area contributed by atoms with Crippen LogP contribution in [0.4, 0.5) is 18.0 Å². The number of urea groups is 1. The Labute approximate surface area is 133 Å². The number of benzene rings is 1. The number of halogens is 3. The van der Waals surface area contributed by atoms with Crippen LogP contribution in [0.25, 0.3) is 0 Å². The molecule has 1 aromatic rings. The van der Waals surface area contributed by atoms with Gasteiger partial charge in [-0.3, -0.25) is 0 Å². The standard InChI is InChI=1S/C16H21F3N2O2/c1-11-4-2-3-5-13(11)10-20-15(23)21-8-6-12(7-9-21)14(22)16(17,18)19/h2-5,12,14,22H,6-10H2,1H3,(H,20,23). The van der Waals surface area contributed by atoms with Crippen LogP contribution in [0.15, 0.2) is 24.3 Å². The number of alkyl halides is 3. The number of aryl methyl sites for hydroxylation is 1. The Morgan fingerprint density at radius 3 is 2.52 bits per heavy atom. The third-order valence-corrected chi connectivity index (χ3v) is 4.30. The second-order valence-corrected chi connectivity index (χ2v) is 5.90.